The zero-order chi connectivity index (χ0) is 77.2. The second kappa shape index (κ2) is 47.7. The van der Waals surface area contributed by atoms with Crippen molar-refractivity contribution >= 4 is 268 Å². The van der Waals surface area contributed by atoms with Crippen molar-refractivity contribution in [2.75, 3.05) is 111 Å². The van der Waals surface area contributed by atoms with Crippen molar-refractivity contribution in [2.24, 2.45) is 5.92 Å². The molecule has 2 aromatic carbocycles. The van der Waals surface area contributed by atoms with Gasteiger partial charge in [0.1, 0.15) is 18.3 Å². The van der Waals surface area contributed by atoms with E-state index < -0.39 is 148 Å². The molecule has 9 atom stereocenters. The number of benzene rings is 2. The van der Waals surface area contributed by atoms with Crippen LogP contribution in [0.15, 0.2) is 28.1 Å². The molecule has 0 heterocycles. The summed E-state index contributed by atoms with van der Waals surface area (Å²) in [5.41, 5.74) is -0.761. The van der Waals surface area contributed by atoms with Crippen LogP contribution in [0.5, 0.6) is 0 Å². The van der Waals surface area contributed by atoms with Gasteiger partial charge in [-0.05, 0) is 255 Å². The van der Waals surface area contributed by atoms with Crippen molar-refractivity contribution < 1.29 is 120 Å². The van der Waals surface area contributed by atoms with Crippen LogP contribution < -0.4 is 31.9 Å². The highest BCUT2D eigenvalue weighted by molar-refractivity contribution is 14.1. The normalized spacial score (nSPS) is 15.2. The van der Waals surface area contributed by atoms with Gasteiger partial charge in [0.2, 0.25) is 0 Å². The van der Waals surface area contributed by atoms with Gasteiger partial charge in [-0.3, -0.25) is 43.2 Å². The maximum absolute atomic E-state index is 14.4. The SMILES string of the molecule is C\C(I)=C(C(=O)NCCCC(CCCNC(=O)c1c(I)c(NC(=O)C(O)C(O)CO)c(I)c(C(=O)N(C)CC(O)CO)c1I)CCCNC(=O)c1c(I)c(NC(=O)C(O)C(O)CO)c(I)c(C(=O)N(C)CC(O)CO)c1I)/C(I)=C(C(=O)N(C)CC(O)CO)\C(I)=C\NC(=O)C(O)C(O)CO. The predicted octanol–water partition coefficient (Wildman–Crippen LogP) is -0.981. The second-order valence-electron chi connectivity index (χ2n) is 22.4. The molecule has 0 aromatic heterocycles. The third kappa shape index (κ3) is 28.4. The minimum atomic E-state index is -2.14. The number of aliphatic hydroxyl groups is 15. The number of anilines is 2. The Morgan fingerprint density at radius 1 is 0.436 bits per heavy atom. The molecule has 0 saturated heterocycles. The van der Waals surface area contributed by atoms with Gasteiger partial charge in [-0.1, -0.05) is 0 Å². The number of halogens is 9. The van der Waals surface area contributed by atoms with Crippen LogP contribution in [-0.4, -0.2) is 299 Å². The zero-order valence-electron chi connectivity index (χ0n) is 54.2. The van der Waals surface area contributed by atoms with Gasteiger partial charge in [0.25, 0.3) is 53.2 Å². The summed E-state index contributed by atoms with van der Waals surface area (Å²) in [6, 6.07) is 0. The van der Waals surface area contributed by atoms with Crippen LogP contribution in [0.4, 0.5) is 11.4 Å². The molecular weight excluding hydrogens is 2360 g/mol. The van der Waals surface area contributed by atoms with Crippen molar-refractivity contribution in [1.82, 2.24) is 36.0 Å². The quantitative estimate of drug-likeness (QED) is 0.0165. The Balaban J connectivity index is 2.73. The minimum Gasteiger partial charge on any atom is -0.394 e. The van der Waals surface area contributed by atoms with E-state index in [4.69, 9.17) is 0 Å². The van der Waals surface area contributed by atoms with Crippen LogP contribution in [0.2, 0.25) is 0 Å². The molecule has 21 N–H and O–H groups in total. The lowest BCUT2D eigenvalue weighted by atomic mass is 9.92. The first-order chi connectivity index (χ1) is 47.3. The summed E-state index contributed by atoms with van der Waals surface area (Å²) in [5, 5.41) is 164. The topological polar surface area (TPSA) is 539 Å². The van der Waals surface area contributed by atoms with E-state index in [9.17, 15) is 120 Å². The van der Waals surface area contributed by atoms with E-state index in [0.717, 1.165) is 20.9 Å². The van der Waals surface area contributed by atoms with Gasteiger partial charge in [-0.2, -0.15) is 0 Å². The number of rotatable bonds is 41. The third-order valence-corrected chi connectivity index (χ3v) is 23.6. The summed E-state index contributed by atoms with van der Waals surface area (Å²) in [6.45, 7) is -4.46. The molecule has 0 bridgehead atoms. The summed E-state index contributed by atoms with van der Waals surface area (Å²) in [6.07, 6.45) is -13.0. The Morgan fingerprint density at radius 3 is 1.10 bits per heavy atom. The Hall–Kier alpha value is -1.14. The van der Waals surface area contributed by atoms with Crippen LogP contribution in [0.3, 0.4) is 0 Å². The summed E-state index contributed by atoms with van der Waals surface area (Å²) in [7, 11) is 3.98. The molecule has 101 heavy (non-hydrogen) atoms. The van der Waals surface area contributed by atoms with Crippen LogP contribution in [0.25, 0.3) is 0 Å². The van der Waals surface area contributed by atoms with Gasteiger partial charge in [0.15, 0.2) is 18.3 Å². The third-order valence-electron chi connectivity index (χ3n) is 14.6. The molecule has 9 unspecified atom stereocenters. The Labute approximate surface area is 703 Å². The van der Waals surface area contributed by atoms with E-state index in [1.54, 1.807) is 188 Å². The molecule has 2 rings (SSSR count). The molecule has 9 amide bonds. The zero-order valence-corrected chi connectivity index (χ0v) is 73.6. The van der Waals surface area contributed by atoms with Crippen LogP contribution in [0, 0.1) is 27.3 Å². The summed E-state index contributed by atoms with van der Waals surface area (Å²) in [5.74, 6) is -8.09. The molecule has 42 heteroatoms. The van der Waals surface area contributed by atoms with Gasteiger partial charge in [0, 0.05) is 84.5 Å². The number of carbonyl (C=O) groups is 9. The van der Waals surface area contributed by atoms with Crippen LogP contribution in [0.1, 0.15) is 86.9 Å². The van der Waals surface area contributed by atoms with E-state index in [1.165, 1.54) is 21.1 Å². The van der Waals surface area contributed by atoms with Crippen LogP contribution >= 0.6 is 203 Å². The number of nitrogens with zero attached hydrogens (tertiary/aromatic N) is 3. The number of carbonyl (C=O) groups excluding carboxylic acids is 9. The fourth-order valence-corrected chi connectivity index (χ4v) is 21.2. The number of hydrogen-bond donors (Lipinski definition) is 21. The molecule has 568 valence electrons. The number of nitrogens with one attached hydrogen (secondary N) is 6. The first-order valence-electron chi connectivity index (χ1n) is 30.1. The molecule has 0 spiro atoms. The maximum atomic E-state index is 14.4. The summed E-state index contributed by atoms with van der Waals surface area (Å²) >= 11 is 16.0. The molecule has 33 nitrogen and oxygen atoms in total. The smallest absolute Gasteiger partial charge is 0.256 e. The number of aliphatic hydroxyl groups excluding tert-OH is 15. The fraction of sp³-hybridized carbons (Fsp3) is 0.542. The van der Waals surface area contributed by atoms with Crippen molar-refractivity contribution in [3.63, 3.8) is 0 Å². The summed E-state index contributed by atoms with van der Waals surface area (Å²) < 4.78 is 1.10. The van der Waals surface area contributed by atoms with Crippen LogP contribution in [-0.2, 0) is 24.0 Å². The minimum absolute atomic E-state index is 0.00510. The highest BCUT2D eigenvalue weighted by atomic mass is 127. The average Bonchev–Trinajstić information content (AvgIpc) is 0.771. The predicted molar refractivity (Wildman–Crippen MR) is 441 cm³/mol. The lowest BCUT2D eigenvalue weighted by Gasteiger charge is -2.25. The van der Waals surface area contributed by atoms with Gasteiger partial charge in [-0.25, -0.2) is 0 Å². The van der Waals surface area contributed by atoms with Crippen molar-refractivity contribution in [3.05, 3.63) is 71.8 Å². The maximum Gasteiger partial charge on any atom is 0.256 e. The number of allylic oxidation sites excluding steroid dienone is 1. The van der Waals surface area contributed by atoms with E-state index in [1.807, 2.05) is 22.6 Å². The lowest BCUT2D eigenvalue weighted by Crippen LogP contribution is -2.42. The van der Waals surface area contributed by atoms with E-state index in [0.29, 0.717) is 29.3 Å². The van der Waals surface area contributed by atoms with E-state index in [-0.39, 0.29) is 131 Å². The molecule has 0 radical (unpaired) electrons. The summed E-state index contributed by atoms with van der Waals surface area (Å²) in [4.78, 5) is 128. The standard InChI is InChI=1S/C59H80I9N9O24/c1-24(60)33(39(62)34(57(99)75(2)15-26(84)18-78)29(61)14-72-54(96)48(90)30(87)21-81)51(93)69-11-5-8-25(9-6-12-70-52(94)35-40(63)37(58(100)76(3)16-27(85)19-79)44(67)46(42(35)65)73-55(97)49(91)31(88)22-82)10-7-13-71-53(95)36-41(64)38(59(101)77(4)17-28(86)20-80)45(68)47(43(36)66)74-56(98)50(92)32(89)23-83/h14,25-28,30-32,48-50,78-92H,5-13,15-23H2,1-4H3,(H,69,93)(H,70,94)(H,71,95)(H,72,96)(H,73,97)(H,74,98)/b29-14-,33-24-,39-34-. The molecule has 0 aliphatic heterocycles. The number of likely N-dealkylation sites (N-methyl/N-ethyl adjacent to an activating group) is 3. The lowest BCUT2D eigenvalue weighted by molar-refractivity contribution is -0.135. The highest BCUT2D eigenvalue weighted by Gasteiger charge is 2.36. The monoisotopic (exact) mass is 2440 g/mol. The van der Waals surface area contributed by atoms with Gasteiger partial charge < -0.3 is 123 Å². The molecule has 0 aliphatic rings. The van der Waals surface area contributed by atoms with Crippen molar-refractivity contribution in [2.45, 2.75) is 100 Å². The molecule has 0 aliphatic carbocycles. The van der Waals surface area contributed by atoms with E-state index >= 15 is 0 Å². The highest BCUT2D eigenvalue weighted by Crippen LogP contribution is 2.39. The first-order valence-corrected chi connectivity index (χ1v) is 39.8. The van der Waals surface area contributed by atoms with E-state index in [2.05, 4.69) is 31.9 Å². The van der Waals surface area contributed by atoms with Crippen molar-refractivity contribution in [3.8, 4) is 0 Å². The molecule has 0 saturated carbocycles. The fourth-order valence-electron chi connectivity index (χ4n) is 9.08. The molecule has 2 aromatic rings. The second-order valence-corrected chi connectivity index (χ2v) is 32.8. The molecular formula is C59H80I9N9O24. The van der Waals surface area contributed by atoms with Gasteiger partial charge in [-0.15, -0.1) is 0 Å². The van der Waals surface area contributed by atoms with Gasteiger partial charge in [0.05, 0.1) is 117 Å². The Bertz CT molecular complexity index is 3230. The Morgan fingerprint density at radius 2 is 0.762 bits per heavy atom. The number of amides is 9. The van der Waals surface area contributed by atoms with Crippen molar-refractivity contribution in [1.29, 1.82) is 0 Å². The van der Waals surface area contributed by atoms with Gasteiger partial charge >= 0.3 is 0 Å². The number of hydrogen-bond acceptors (Lipinski definition) is 24. The average molecular weight is 2440 g/mol. The first kappa shape index (κ1) is 95.9. The largest absolute Gasteiger partial charge is 0.394 e. The molecule has 0 fully saturated rings. The Kier molecular flexibility index (Phi) is 45.3.